The summed E-state index contributed by atoms with van der Waals surface area (Å²) in [5.74, 6) is 0. The maximum absolute atomic E-state index is 6.06. The van der Waals surface area contributed by atoms with E-state index in [1.54, 1.807) is 7.11 Å². The molecule has 1 aliphatic heterocycles. The summed E-state index contributed by atoms with van der Waals surface area (Å²) in [5.41, 5.74) is 6.06. The number of nitrogens with two attached hydrogens (primary N) is 1. The van der Waals surface area contributed by atoms with Crippen LogP contribution in [0.15, 0.2) is 0 Å². The highest BCUT2D eigenvalue weighted by molar-refractivity contribution is 5.01. The van der Waals surface area contributed by atoms with E-state index in [1.807, 2.05) is 0 Å². The number of ether oxygens (including phenoxy) is 2. The molecular formula is C13H28N2O2. The summed E-state index contributed by atoms with van der Waals surface area (Å²) in [4.78, 5) is 2.49. The van der Waals surface area contributed by atoms with Gasteiger partial charge in [-0.05, 0) is 26.7 Å². The topological polar surface area (TPSA) is 47.7 Å². The predicted molar refractivity (Wildman–Crippen MR) is 70.2 cm³/mol. The Morgan fingerprint density at radius 3 is 2.71 bits per heavy atom. The molecule has 0 aromatic heterocycles. The van der Waals surface area contributed by atoms with Crippen molar-refractivity contribution in [3.8, 4) is 0 Å². The Kier molecular flexibility index (Phi) is 5.86. The van der Waals surface area contributed by atoms with Crippen LogP contribution in [0, 0.1) is 0 Å². The molecule has 4 heteroatoms. The van der Waals surface area contributed by atoms with E-state index in [4.69, 9.17) is 15.2 Å². The van der Waals surface area contributed by atoms with Crippen molar-refractivity contribution in [2.45, 2.75) is 51.3 Å². The molecule has 2 N–H and O–H groups in total. The molecule has 1 saturated heterocycles. The molecule has 0 saturated carbocycles. The van der Waals surface area contributed by atoms with Crippen LogP contribution in [-0.4, -0.2) is 56.0 Å². The molecular weight excluding hydrogens is 216 g/mol. The molecule has 102 valence electrons. The second kappa shape index (κ2) is 6.69. The lowest BCUT2D eigenvalue weighted by Crippen LogP contribution is -2.61. The number of hydrogen-bond donors (Lipinski definition) is 1. The van der Waals surface area contributed by atoms with Gasteiger partial charge >= 0.3 is 0 Å². The molecule has 1 fully saturated rings. The number of methoxy groups -OCH3 is 1. The largest absolute Gasteiger partial charge is 0.383 e. The van der Waals surface area contributed by atoms with Gasteiger partial charge in [0.1, 0.15) is 0 Å². The minimum absolute atomic E-state index is 0.00600. The van der Waals surface area contributed by atoms with E-state index in [0.717, 1.165) is 32.6 Å². The molecule has 3 atom stereocenters. The lowest BCUT2D eigenvalue weighted by atomic mass is 9.88. The molecule has 1 heterocycles. The van der Waals surface area contributed by atoms with Gasteiger partial charge in [0.25, 0.3) is 0 Å². The van der Waals surface area contributed by atoms with E-state index in [9.17, 15) is 0 Å². The molecule has 0 amide bonds. The summed E-state index contributed by atoms with van der Waals surface area (Å²) in [6, 6.07) is 0.512. The Labute approximate surface area is 105 Å². The van der Waals surface area contributed by atoms with Gasteiger partial charge in [0.15, 0.2) is 0 Å². The Morgan fingerprint density at radius 2 is 2.29 bits per heavy atom. The highest BCUT2D eigenvalue weighted by Crippen LogP contribution is 2.33. The second-order valence-electron chi connectivity index (χ2n) is 5.01. The smallest absolute Gasteiger partial charge is 0.0743 e. The number of hydrogen-bond acceptors (Lipinski definition) is 4. The number of nitrogens with zero attached hydrogens (tertiary/aromatic N) is 1. The van der Waals surface area contributed by atoms with Crippen LogP contribution in [-0.2, 0) is 9.47 Å². The van der Waals surface area contributed by atoms with Crippen LogP contribution in [0.3, 0.4) is 0 Å². The average Bonchev–Trinajstić information content (AvgIpc) is 2.72. The van der Waals surface area contributed by atoms with Crippen LogP contribution in [0.4, 0.5) is 0 Å². The van der Waals surface area contributed by atoms with Crippen molar-refractivity contribution < 1.29 is 9.47 Å². The first-order valence-electron chi connectivity index (χ1n) is 6.69. The molecule has 0 aromatic rings. The van der Waals surface area contributed by atoms with Gasteiger partial charge in [0, 0.05) is 32.8 Å². The fourth-order valence-electron chi connectivity index (χ4n) is 2.83. The third-order valence-corrected chi connectivity index (χ3v) is 4.24. The third kappa shape index (κ3) is 2.99. The van der Waals surface area contributed by atoms with Crippen molar-refractivity contribution >= 4 is 0 Å². The summed E-state index contributed by atoms with van der Waals surface area (Å²) >= 11 is 0. The van der Waals surface area contributed by atoms with Crippen molar-refractivity contribution in [1.82, 2.24) is 4.90 Å². The Balaban J connectivity index is 2.84. The molecule has 1 rings (SSSR count). The Bertz CT molecular complexity index is 225. The molecule has 0 radical (unpaired) electrons. The van der Waals surface area contributed by atoms with E-state index < -0.39 is 0 Å². The van der Waals surface area contributed by atoms with Gasteiger partial charge in [-0.25, -0.2) is 0 Å². The molecule has 17 heavy (non-hydrogen) atoms. The lowest BCUT2D eigenvalue weighted by molar-refractivity contribution is -0.0193. The van der Waals surface area contributed by atoms with Gasteiger partial charge in [-0.1, -0.05) is 6.92 Å². The van der Waals surface area contributed by atoms with Crippen LogP contribution in [0.5, 0.6) is 0 Å². The van der Waals surface area contributed by atoms with Gasteiger partial charge in [-0.2, -0.15) is 0 Å². The Hall–Kier alpha value is -0.160. The molecule has 4 nitrogen and oxygen atoms in total. The highest BCUT2D eigenvalue weighted by Gasteiger charge is 2.46. The van der Waals surface area contributed by atoms with E-state index in [-0.39, 0.29) is 11.6 Å². The SMILES string of the molecule is CCC(C)N(CCOC)C1(CN)CCOC1C. The zero-order valence-corrected chi connectivity index (χ0v) is 11.7. The van der Waals surface area contributed by atoms with E-state index in [2.05, 4.69) is 25.7 Å². The first-order chi connectivity index (χ1) is 8.12. The van der Waals surface area contributed by atoms with Crippen LogP contribution in [0.2, 0.25) is 0 Å². The zero-order chi connectivity index (χ0) is 12.9. The molecule has 0 aliphatic carbocycles. The Morgan fingerprint density at radius 1 is 1.59 bits per heavy atom. The normalized spacial score (nSPS) is 31.1. The first kappa shape index (κ1) is 14.9. The monoisotopic (exact) mass is 244 g/mol. The van der Waals surface area contributed by atoms with Crippen molar-refractivity contribution in [2.75, 3.05) is 33.4 Å². The second-order valence-corrected chi connectivity index (χ2v) is 5.01. The van der Waals surface area contributed by atoms with E-state index >= 15 is 0 Å². The van der Waals surface area contributed by atoms with Gasteiger partial charge in [0.2, 0.25) is 0 Å². The van der Waals surface area contributed by atoms with Crippen LogP contribution in [0.25, 0.3) is 0 Å². The van der Waals surface area contributed by atoms with Crippen molar-refractivity contribution in [3.63, 3.8) is 0 Å². The quantitative estimate of drug-likeness (QED) is 0.732. The van der Waals surface area contributed by atoms with Crippen LogP contribution >= 0.6 is 0 Å². The zero-order valence-electron chi connectivity index (χ0n) is 11.7. The summed E-state index contributed by atoms with van der Waals surface area (Å²) in [6.07, 6.45) is 2.36. The molecule has 0 spiro atoms. The van der Waals surface area contributed by atoms with Gasteiger partial charge in [-0.15, -0.1) is 0 Å². The predicted octanol–water partition coefficient (Wildman–Crippen LogP) is 1.24. The molecule has 1 aliphatic rings. The third-order valence-electron chi connectivity index (χ3n) is 4.24. The number of rotatable bonds is 7. The summed E-state index contributed by atoms with van der Waals surface area (Å²) < 4.78 is 11.0. The molecule has 0 aromatic carbocycles. The summed E-state index contributed by atoms with van der Waals surface area (Å²) in [6.45, 7) is 9.77. The van der Waals surface area contributed by atoms with Gasteiger partial charge in [0.05, 0.1) is 18.2 Å². The molecule has 3 unspecified atom stereocenters. The summed E-state index contributed by atoms with van der Waals surface area (Å²) in [5, 5.41) is 0. The van der Waals surface area contributed by atoms with Gasteiger partial charge < -0.3 is 15.2 Å². The van der Waals surface area contributed by atoms with Crippen molar-refractivity contribution in [3.05, 3.63) is 0 Å². The standard InChI is InChI=1S/C13H28N2O2/c1-5-11(2)15(7-9-16-4)13(10-14)6-8-17-12(13)3/h11-12H,5-10,14H2,1-4H3. The maximum Gasteiger partial charge on any atom is 0.0743 e. The maximum atomic E-state index is 6.06. The minimum Gasteiger partial charge on any atom is -0.383 e. The summed E-state index contributed by atoms with van der Waals surface area (Å²) in [7, 11) is 1.75. The first-order valence-corrected chi connectivity index (χ1v) is 6.69. The minimum atomic E-state index is -0.00600. The van der Waals surface area contributed by atoms with Crippen LogP contribution in [0.1, 0.15) is 33.6 Å². The fraction of sp³-hybridized carbons (Fsp3) is 1.00. The highest BCUT2D eigenvalue weighted by atomic mass is 16.5. The van der Waals surface area contributed by atoms with Crippen molar-refractivity contribution in [1.29, 1.82) is 0 Å². The van der Waals surface area contributed by atoms with Gasteiger partial charge in [-0.3, -0.25) is 4.90 Å². The van der Waals surface area contributed by atoms with Crippen LogP contribution < -0.4 is 5.73 Å². The van der Waals surface area contributed by atoms with Crippen molar-refractivity contribution in [2.24, 2.45) is 5.73 Å². The van der Waals surface area contributed by atoms with E-state index in [1.165, 1.54) is 0 Å². The van der Waals surface area contributed by atoms with E-state index in [0.29, 0.717) is 12.6 Å². The lowest BCUT2D eigenvalue weighted by Gasteiger charge is -2.45. The average molecular weight is 244 g/mol. The fourth-order valence-corrected chi connectivity index (χ4v) is 2.83. The molecule has 0 bridgehead atoms.